The highest BCUT2D eigenvalue weighted by Gasteiger charge is 2.52. The van der Waals surface area contributed by atoms with Gasteiger partial charge in [0.1, 0.15) is 23.8 Å². The summed E-state index contributed by atoms with van der Waals surface area (Å²) < 4.78 is 0. The van der Waals surface area contributed by atoms with Crippen LogP contribution in [0.5, 0.6) is 0 Å². The molecule has 54 heavy (non-hydrogen) atoms. The van der Waals surface area contributed by atoms with E-state index in [1.807, 2.05) is 27.7 Å². The highest BCUT2D eigenvalue weighted by atomic mass is 32.1. The average Bonchev–Trinajstić information content (AvgIpc) is 3.65. The van der Waals surface area contributed by atoms with Crippen LogP contribution >= 0.6 is 27.0 Å². The predicted octanol–water partition coefficient (Wildman–Crippen LogP) is 4.58. The van der Waals surface area contributed by atoms with Crippen LogP contribution in [0.3, 0.4) is 0 Å². The zero-order valence-corrected chi connectivity index (χ0v) is 32.3. The molecule has 0 unspecified atom stereocenters. The molecule has 4 N–H and O–H groups in total. The largest absolute Gasteiger partial charge is 0.347 e. The molecule has 2 heterocycles. The van der Waals surface area contributed by atoms with Gasteiger partial charge in [0, 0.05) is 25.0 Å². The van der Waals surface area contributed by atoms with E-state index >= 15 is 0 Å². The Morgan fingerprint density at radius 3 is 2.09 bits per heavy atom. The van der Waals surface area contributed by atoms with Gasteiger partial charge < -0.3 is 26.2 Å². The molecule has 0 spiro atoms. The molecule has 4 fully saturated rings. The Morgan fingerprint density at radius 2 is 1.52 bits per heavy atom. The molecular formula is C39H69N7O6S2. The highest BCUT2D eigenvalue weighted by molar-refractivity contribution is 7.59. The van der Waals surface area contributed by atoms with Crippen molar-refractivity contribution in [2.24, 2.45) is 23.2 Å². The van der Waals surface area contributed by atoms with Crippen LogP contribution in [0.15, 0.2) is 18.6 Å². The van der Waals surface area contributed by atoms with E-state index in [9.17, 15) is 28.8 Å². The molecule has 1 saturated heterocycles. The zero-order chi connectivity index (χ0) is 35.3. The number of fused-ring (bicyclic) bond motifs is 1. The third-order valence-corrected chi connectivity index (χ3v) is 10.7. The maximum absolute atomic E-state index is 14.6. The molecule has 0 aromatic carbocycles. The second-order valence-electron chi connectivity index (χ2n) is 15.5. The topological polar surface area (TPSA) is 180 Å². The Labute approximate surface area is 337 Å². The molecule has 15 heteroatoms. The summed E-state index contributed by atoms with van der Waals surface area (Å²) in [5, 5.41) is 11.5. The predicted molar refractivity (Wildman–Crippen MR) is 222 cm³/mol. The molecule has 3 aliphatic carbocycles. The van der Waals surface area contributed by atoms with E-state index in [-0.39, 0.29) is 84.7 Å². The molecule has 1 aromatic rings. The van der Waals surface area contributed by atoms with Gasteiger partial charge in [0.15, 0.2) is 0 Å². The lowest BCUT2D eigenvalue weighted by Crippen LogP contribution is -2.62. The highest BCUT2D eigenvalue weighted by Crippen LogP contribution is 2.43. The summed E-state index contributed by atoms with van der Waals surface area (Å²) in [6, 6.07) is -3.68. The summed E-state index contributed by atoms with van der Waals surface area (Å²) >= 11 is 0. The Hall–Kier alpha value is -3.20. The Morgan fingerprint density at radius 1 is 0.852 bits per heavy atom. The molecule has 0 radical (unpaired) electrons. The summed E-state index contributed by atoms with van der Waals surface area (Å²) in [6.45, 7) is 7.85. The fraction of sp³-hybridized carbons (Fsp3) is 0.744. The number of hydrogen-bond donors (Lipinski definition) is 4. The third-order valence-electron chi connectivity index (χ3n) is 10.7. The quantitative estimate of drug-likeness (QED) is 0.210. The van der Waals surface area contributed by atoms with Crippen LogP contribution in [0.25, 0.3) is 0 Å². The number of nitrogens with one attached hydrogen (secondary N) is 4. The van der Waals surface area contributed by atoms with Crippen molar-refractivity contribution < 1.29 is 28.8 Å². The van der Waals surface area contributed by atoms with Crippen LogP contribution in [-0.4, -0.2) is 86.9 Å². The zero-order valence-electron chi connectivity index (χ0n) is 30.3. The van der Waals surface area contributed by atoms with Crippen molar-refractivity contribution in [2.75, 3.05) is 6.54 Å². The van der Waals surface area contributed by atoms with Gasteiger partial charge in [-0.2, -0.15) is 27.0 Å². The van der Waals surface area contributed by atoms with E-state index in [1.54, 1.807) is 4.90 Å². The van der Waals surface area contributed by atoms with Gasteiger partial charge in [0.25, 0.3) is 11.8 Å². The third kappa shape index (κ3) is 12.4. The van der Waals surface area contributed by atoms with Crippen LogP contribution in [-0.2, 0) is 24.0 Å². The number of aromatic nitrogens is 2. The number of ketones is 1. The summed E-state index contributed by atoms with van der Waals surface area (Å²) in [4.78, 5) is 91.4. The number of rotatable bonds is 13. The van der Waals surface area contributed by atoms with E-state index in [0.29, 0.717) is 19.4 Å². The van der Waals surface area contributed by atoms with Gasteiger partial charge in [-0.25, -0.2) is 4.98 Å². The number of nitrogens with zero attached hydrogens (tertiary/aromatic N) is 3. The molecule has 0 bridgehead atoms. The van der Waals surface area contributed by atoms with Crippen LogP contribution in [0, 0.1) is 23.2 Å². The summed E-state index contributed by atoms with van der Waals surface area (Å²) in [5.74, 6) is -3.20. The lowest BCUT2D eigenvalue weighted by Gasteiger charge is -2.38. The average molecular weight is 796 g/mol. The van der Waals surface area contributed by atoms with Crippen molar-refractivity contribution in [1.82, 2.24) is 36.1 Å². The molecule has 308 valence electrons. The summed E-state index contributed by atoms with van der Waals surface area (Å²) in [6.07, 6.45) is 13.9. The van der Waals surface area contributed by atoms with Crippen molar-refractivity contribution >= 4 is 62.3 Å². The van der Waals surface area contributed by atoms with Gasteiger partial charge in [-0.1, -0.05) is 82.1 Å². The number of carbonyl (C=O) groups excluding carboxylic acids is 6. The van der Waals surface area contributed by atoms with Gasteiger partial charge in [0.2, 0.25) is 23.5 Å². The minimum atomic E-state index is -0.994. The SMILES string of the molecule is C.C.C.CCC[C@@H](NC(=O)[C@@H]1[C@@H]2CCC[C@@H]2CN1C(=O)[C@H](NC(=O)[C@H](NC(=O)c1cnccn1)C1CCCCC1)C(C)(C)C)C(=O)C(=O)NC1CC1.S.S. The van der Waals surface area contributed by atoms with E-state index in [4.69, 9.17) is 0 Å². The lowest BCUT2D eigenvalue weighted by molar-refractivity contribution is -0.146. The van der Waals surface area contributed by atoms with E-state index in [2.05, 4.69) is 31.2 Å². The first-order valence-electron chi connectivity index (χ1n) is 18.2. The van der Waals surface area contributed by atoms with Crippen molar-refractivity contribution in [3.8, 4) is 0 Å². The first kappa shape index (κ1) is 50.8. The fourth-order valence-corrected chi connectivity index (χ4v) is 7.87. The molecule has 1 aliphatic heterocycles. The molecule has 3 saturated carbocycles. The molecule has 1 aromatic heterocycles. The standard InChI is InChI=1S/C36H53N7O6.3CH4.2H2S/c1-5-10-25(29(44)34(48)39-23-15-16-23)40-33(47)28-24-14-9-13-22(24)20-43(28)35(49)30(36(2,3)4)42-32(46)27(21-11-7-6-8-12-21)41-31(45)26-19-37-17-18-38-26;;;;;/h17-19,21-25,27-28,30H,5-16,20H2,1-4H3,(H,39,48)(H,40,47)(H,41,45)(H,42,46);3*1H4;2*1H2/t22-,24-,25-,27-,28+,30+;;;;;/m1...../s1. The Balaban J connectivity index is 0.00000562. The molecular weight excluding hydrogens is 727 g/mol. The second-order valence-corrected chi connectivity index (χ2v) is 15.5. The van der Waals surface area contributed by atoms with Crippen LogP contribution in [0.4, 0.5) is 0 Å². The van der Waals surface area contributed by atoms with Crippen molar-refractivity contribution in [2.45, 2.75) is 157 Å². The summed E-state index contributed by atoms with van der Waals surface area (Å²) in [7, 11) is 0. The summed E-state index contributed by atoms with van der Waals surface area (Å²) in [5.41, 5.74) is -0.638. The Bertz CT molecular complexity index is 1400. The van der Waals surface area contributed by atoms with Crippen LogP contribution in [0.2, 0.25) is 0 Å². The van der Waals surface area contributed by atoms with Gasteiger partial charge in [-0.3, -0.25) is 33.8 Å². The monoisotopic (exact) mass is 795 g/mol. The Kier molecular flexibility index (Phi) is 21.1. The van der Waals surface area contributed by atoms with E-state index in [1.165, 1.54) is 18.6 Å². The lowest BCUT2D eigenvalue weighted by atomic mass is 9.82. The van der Waals surface area contributed by atoms with Crippen LogP contribution < -0.4 is 21.3 Å². The number of likely N-dealkylation sites (tertiary alicyclic amines) is 1. The number of hydrogen-bond acceptors (Lipinski definition) is 8. The first-order chi connectivity index (χ1) is 23.4. The van der Waals surface area contributed by atoms with E-state index < -0.39 is 59.0 Å². The number of Topliss-reactive ketones (excluding diaryl/α,β-unsaturated/α-hetero) is 1. The minimum absolute atomic E-state index is 0. The normalized spacial score (nSPS) is 22.0. The molecule has 6 atom stereocenters. The minimum Gasteiger partial charge on any atom is -0.347 e. The molecule has 5 amide bonds. The van der Waals surface area contributed by atoms with Gasteiger partial charge in [-0.15, -0.1) is 0 Å². The van der Waals surface area contributed by atoms with Gasteiger partial charge >= 0.3 is 0 Å². The molecule has 13 nitrogen and oxygen atoms in total. The fourth-order valence-electron chi connectivity index (χ4n) is 7.87. The number of amides is 5. The van der Waals surface area contributed by atoms with Crippen molar-refractivity contribution in [1.29, 1.82) is 0 Å². The smallest absolute Gasteiger partial charge is 0.289 e. The van der Waals surface area contributed by atoms with Crippen molar-refractivity contribution in [3.63, 3.8) is 0 Å². The second kappa shape index (κ2) is 22.4. The van der Waals surface area contributed by atoms with Crippen molar-refractivity contribution in [3.05, 3.63) is 24.3 Å². The molecule has 4 aliphatic rings. The maximum atomic E-state index is 14.6. The van der Waals surface area contributed by atoms with E-state index in [0.717, 1.165) is 64.2 Å². The molecule has 5 rings (SSSR count). The van der Waals surface area contributed by atoms with Gasteiger partial charge in [0.05, 0.1) is 12.2 Å². The van der Waals surface area contributed by atoms with Gasteiger partial charge in [-0.05, 0) is 68.1 Å². The number of carbonyl (C=O) groups is 6. The van der Waals surface area contributed by atoms with Crippen LogP contribution in [0.1, 0.15) is 138 Å². The maximum Gasteiger partial charge on any atom is 0.289 e. The first-order valence-corrected chi connectivity index (χ1v) is 18.2.